The normalized spacial score (nSPS) is 11.7. The number of nitrogens with zero attached hydrogens (tertiary/aromatic N) is 4. The molecular formula is C46H50N4O. The van der Waals surface area contributed by atoms with Gasteiger partial charge in [-0.2, -0.15) is 5.10 Å². The number of aryl methyl sites for hydroxylation is 4. The number of hydrogen-bond donors (Lipinski definition) is 0. The van der Waals surface area contributed by atoms with Crippen LogP contribution in [-0.4, -0.2) is 19.3 Å². The van der Waals surface area contributed by atoms with Crippen molar-refractivity contribution >= 4 is 21.8 Å². The van der Waals surface area contributed by atoms with Crippen LogP contribution < -0.4 is 4.74 Å². The van der Waals surface area contributed by atoms with Gasteiger partial charge in [-0.3, -0.25) is 4.57 Å². The lowest BCUT2D eigenvalue weighted by molar-refractivity contribution is 0.481. The van der Waals surface area contributed by atoms with E-state index in [1.807, 2.05) is 6.20 Å². The summed E-state index contributed by atoms with van der Waals surface area (Å²) >= 11 is 0. The van der Waals surface area contributed by atoms with Crippen LogP contribution in [0.15, 0.2) is 97.2 Å². The van der Waals surface area contributed by atoms with Gasteiger partial charge in [-0.15, -0.1) is 0 Å². The molecule has 7 aromatic rings. The molecule has 51 heavy (non-hydrogen) atoms. The lowest BCUT2D eigenvalue weighted by Gasteiger charge is -2.17. The third kappa shape index (κ3) is 6.35. The number of aromatic nitrogens is 4. The molecule has 0 aliphatic heterocycles. The van der Waals surface area contributed by atoms with Crippen molar-refractivity contribution in [2.45, 2.75) is 92.9 Å². The number of para-hydroxylation sites is 1. The average Bonchev–Trinajstić information content (AvgIpc) is 3.69. The van der Waals surface area contributed by atoms with Gasteiger partial charge in [-0.25, -0.2) is 9.67 Å². The highest BCUT2D eigenvalue weighted by Gasteiger charge is 2.23. The molecule has 7 rings (SSSR count). The molecule has 0 fully saturated rings. The van der Waals surface area contributed by atoms with E-state index in [4.69, 9.17) is 14.8 Å². The molecule has 0 atom stereocenters. The Morgan fingerprint density at radius 3 is 2.14 bits per heavy atom. The second kappa shape index (κ2) is 14.6. The van der Waals surface area contributed by atoms with Gasteiger partial charge in [0.05, 0.1) is 28.1 Å². The Morgan fingerprint density at radius 2 is 1.43 bits per heavy atom. The van der Waals surface area contributed by atoms with Crippen LogP contribution in [0.3, 0.4) is 0 Å². The lowest BCUT2D eigenvalue weighted by Crippen LogP contribution is -2.05. The quantitative estimate of drug-likeness (QED) is 0.130. The minimum Gasteiger partial charge on any atom is -0.457 e. The van der Waals surface area contributed by atoms with Gasteiger partial charge in [0.15, 0.2) is 0 Å². The van der Waals surface area contributed by atoms with Gasteiger partial charge in [-0.1, -0.05) is 91.3 Å². The summed E-state index contributed by atoms with van der Waals surface area (Å²) in [5, 5.41) is 7.71. The molecule has 0 unspecified atom stereocenters. The van der Waals surface area contributed by atoms with Gasteiger partial charge in [0.2, 0.25) is 0 Å². The zero-order chi connectivity index (χ0) is 35.6. The first kappa shape index (κ1) is 34.3. The predicted octanol–water partition coefficient (Wildman–Crippen LogP) is 12.1. The Labute approximate surface area is 302 Å². The van der Waals surface area contributed by atoms with E-state index in [0.29, 0.717) is 5.92 Å². The smallest absolute Gasteiger partial charge is 0.137 e. The SMILES string of the molecule is CCCc1ccnc(-n2c3ccccc3c3ccc(Oc4cc(C(C)C)cc(-n5nc(CC)c(-c6c(CC)cccc6CC)c5CC)c4)cc32)c1. The van der Waals surface area contributed by atoms with Crippen molar-refractivity contribution in [1.82, 2.24) is 19.3 Å². The van der Waals surface area contributed by atoms with Crippen LogP contribution in [0.1, 0.15) is 94.4 Å². The van der Waals surface area contributed by atoms with Gasteiger partial charge in [0.25, 0.3) is 0 Å². The van der Waals surface area contributed by atoms with Gasteiger partial charge in [0, 0.05) is 34.7 Å². The minimum absolute atomic E-state index is 0.317. The van der Waals surface area contributed by atoms with Crippen LogP contribution in [0.4, 0.5) is 0 Å². The minimum atomic E-state index is 0.317. The van der Waals surface area contributed by atoms with Crippen LogP contribution >= 0.6 is 0 Å². The number of ether oxygens (including phenoxy) is 1. The van der Waals surface area contributed by atoms with E-state index in [0.717, 1.165) is 78.3 Å². The largest absolute Gasteiger partial charge is 0.457 e. The maximum atomic E-state index is 6.81. The maximum absolute atomic E-state index is 6.81. The number of rotatable bonds is 12. The summed E-state index contributed by atoms with van der Waals surface area (Å²) in [6.45, 7) is 15.7. The molecule has 0 spiro atoms. The van der Waals surface area contributed by atoms with Crippen molar-refractivity contribution in [2.75, 3.05) is 0 Å². The fourth-order valence-electron chi connectivity index (χ4n) is 7.69. The van der Waals surface area contributed by atoms with Crippen LogP contribution in [0.25, 0.3) is 44.4 Å². The molecule has 5 heteroatoms. The summed E-state index contributed by atoms with van der Waals surface area (Å²) < 4.78 is 11.3. The highest BCUT2D eigenvalue weighted by molar-refractivity contribution is 6.09. The van der Waals surface area contributed by atoms with Crippen LogP contribution in [0.2, 0.25) is 0 Å². The van der Waals surface area contributed by atoms with Gasteiger partial charge < -0.3 is 4.74 Å². The van der Waals surface area contributed by atoms with Gasteiger partial charge in [-0.05, 0) is 108 Å². The number of fused-ring (bicyclic) bond motifs is 3. The van der Waals surface area contributed by atoms with Crippen molar-refractivity contribution in [3.05, 3.63) is 131 Å². The lowest BCUT2D eigenvalue weighted by atomic mass is 9.89. The van der Waals surface area contributed by atoms with E-state index >= 15 is 0 Å². The highest BCUT2D eigenvalue weighted by atomic mass is 16.5. The Hall–Kier alpha value is -5.16. The maximum Gasteiger partial charge on any atom is 0.137 e. The molecule has 0 saturated carbocycles. The summed E-state index contributed by atoms with van der Waals surface area (Å²) in [7, 11) is 0. The Kier molecular flexibility index (Phi) is 9.82. The Balaban J connectivity index is 1.36. The first-order valence-electron chi connectivity index (χ1n) is 18.9. The molecule has 4 aromatic carbocycles. The second-order valence-corrected chi connectivity index (χ2v) is 13.9. The molecule has 0 bridgehead atoms. The molecule has 3 aromatic heterocycles. The Morgan fingerprint density at radius 1 is 0.667 bits per heavy atom. The van der Waals surface area contributed by atoms with E-state index < -0.39 is 0 Å². The highest BCUT2D eigenvalue weighted by Crippen LogP contribution is 2.39. The predicted molar refractivity (Wildman–Crippen MR) is 213 cm³/mol. The number of hydrogen-bond acceptors (Lipinski definition) is 3. The van der Waals surface area contributed by atoms with E-state index in [9.17, 15) is 0 Å². The van der Waals surface area contributed by atoms with Crippen molar-refractivity contribution in [3.63, 3.8) is 0 Å². The number of benzene rings is 4. The zero-order valence-corrected chi connectivity index (χ0v) is 31.3. The van der Waals surface area contributed by atoms with Crippen LogP contribution in [0.5, 0.6) is 11.5 Å². The standard InChI is InChI=1S/C46H50N4O/c1-8-16-31-23-24-47-44(25-31)49-42-20-14-13-19-38(42)39-22-21-36(29-43(39)49)51-37-27-34(30(6)7)26-35(28-37)50-41(12-5)46(40(11-4)48-50)45-32(9-2)17-15-18-33(45)10-3/h13-15,17-30H,8-12,16H2,1-7H3. The molecule has 260 valence electrons. The fourth-order valence-corrected chi connectivity index (χ4v) is 7.69. The van der Waals surface area contributed by atoms with Crippen molar-refractivity contribution in [3.8, 4) is 34.1 Å². The van der Waals surface area contributed by atoms with Crippen molar-refractivity contribution in [1.29, 1.82) is 0 Å². The van der Waals surface area contributed by atoms with Crippen LogP contribution in [0, 0.1) is 0 Å². The first-order valence-corrected chi connectivity index (χ1v) is 18.9. The Bertz CT molecular complexity index is 2320. The average molecular weight is 675 g/mol. The van der Waals surface area contributed by atoms with E-state index in [1.165, 1.54) is 49.8 Å². The molecule has 0 aliphatic carbocycles. The van der Waals surface area contributed by atoms with Gasteiger partial charge >= 0.3 is 0 Å². The zero-order valence-electron chi connectivity index (χ0n) is 31.3. The third-order valence-corrected chi connectivity index (χ3v) is 10.3. The number of pyridine rings is 1. The molecule has 3 heterocycles. The fraction of sp³-hybridized carbons (Fsp3) is 0.304. The third-order valence-electron chi connectivity index (χ3n) is 10.3. The summed E-state index contributed by atoms with van der Waals surface area (Å²) in [5.74, 6) is 2.84. The van der Waals surface area contributed by atoms with Crippen molar-refractivity contribution in [2.24, 2.45) is 0 Å². The molecule has 0 saturated heterocycles. The summed E-state index contributed by atoms with van der Waals surface area (Å²) in [5.41, 5.74) is 13.6. The first-order chi connectivity index (χ1) is 24.9. The molecule has 0 radical (unpaired) electrons. The molecule has 0 amide bonds. The van der Waals surface area contributed by atoms with Crippen molar-refractivity contribution < 1.29 is 4.74 Å². The summed E-state index contributed by atoms with van der Waals surface area (Å²) in [6, 6.07) is 32.8. The molecule has 0 aliphatic rings. The van der Waals surface area contributed by atoms with E-state index in [2.05, 4.69) is 149 Å². The molecule has 0 N–H and O–H groups in total. The van der Waals surface area contributed by atoms with Gasteiger partial charge in [0.1, 0.15) is 17.3 Å². The topological polar surface area (TPSA) is 44.9 Å². The molecule has 5 nitrogen and oxygen atoms in total. The second-order valence-electron chi connectivity index (χ2n) is 13.9. The van der Waals surface area contributed by atoms with E-state index in [1.54, 1.807) is 0 Å². The molecular weight excluding hydrogens is 625 g/mol. The van der Waals surface area contributed by atoms with E-state index in [-0.39, 0.29) is 0 Å². The summed E-state index contributed by atoms with van der Waals surface area (Å²) in [4.78, 5) is 4.84. The summed E-state index contributed by atoms with van der Waals surface area (Å²) in [6.07, 6.45) is 7.78. The monoisotopic (exact) mass is 674 g/mol. The van der Waals surface area contributed by atoms with Crippen LogP contribution in [-0.2, 0) is 32.1 Å².